The molecule has 1 aliphatic carbocycles. The topological polar surface area (TPSA) is 124 Å². The summed E-state index contributed by atoms with van der Waals surface area (Å²) in [4.78, 5) is 46.7. The summed E-state index contributed by atoms with van der Waals surface area (Å²) in [7, 11) is 0. The minimum Gasteiger partial charge on any atom is -0.462 e. The summed E-state index contributed by atoms with van der Waals surface area (Å²) in [5.74, 6) is -4.35. The van der Waals surface area contributed by atoms with E-state index in [-0.39, 0.29) is 6.61 Å². The average Bonchev–Trinajstić information content (AvgIpc) is 2.57. The van der Waals surface area contributed by atoms with Gasteiger partial charge in [0.2, 0.25) is 12.1 Å². The second-order valence-electron chi connectivity index (χ2n) is 7.82. The van der Waals surface area contributed by atoms with Crippen LogP contribution in [0.5, 0.6) is 0 Å². The van der Waals surface area contributed by atoms with Crippen LogP contribution in [0.15, 0.2) is 0 Å². The van der Waals surface area contributed by atoms with Crippen LogP contribution in [0.3, 0.4) is 0 Å². The minimum absolute atomic E-state index is 0.0356. The normalized spacial score (nSPS) is 35.9. The van der Waals surface area contributed by atoms with Gasteiger partial charge in [-0.3, -0.25) is 14.4 Å². The lowest BCUT2D eigenvalue weighted by atomic mass is 9.58. The molecule has 0 N–H and O–H groups in total. The predicted molar refractivity (Wildman–Crippen MR) is 92.6 cm³/mol. The lowest BCUT2D eigenvalue weighted by molar-refractivity contribution is -0.471. The van der Waals surface area contributed by atoms with Gasteiger partial charge < -0.3 is 28.4 Å². The fourth-order valence-corrected chi connectivity index (χ4v) is 4.71. The molecule has 3 aliphatic heterocycles. The van der Waals surface area contributed by atoms with Crippen LogP contribution in [0, 0.1) is 11.3 Å². The first kappa shape index (κ1) is 21.5. The molecule has 3 saturated heterocycles. The van der Waals surface area contributed by atoms with Gasteiger partial charge in [0, 0.05) is 39.0 Å². The number of hydrogen-bond acceptors (Lipinski definition) is 10. The monoisotopic (exact) mass is 414 g/mol. The molecule has 0 spiro atoms. The summed E-state index contributed by atoms with van der Waals surface area (Å²) in [6.45, 7) is 5.13. The summed E-state index contributed by atoms with van der Waals surface area (Å²) in [6, 6.07) is 0. The van der Waals surface area contributed by atoms with Crippen molar-refractivity contribution in [2.75, 3.05) is 6.61 Å². The largest absolute Gasteiger partial charge is 0.462 e. The van der Waals surface area contributed by atoms with Crippen molar-refractivity contribution >= 4 is 23.9 Å². The molecule has 4 fully saturated rings. The molecular formula is C19H26O10. The van der Waals surface area contributed by atoms with E-state index in [0.717, 1.165) is 0 Å². The second-order valence-corrected chi connectivity index (χ2v) is 7.82. The number of rotatable bonds is 6. The fraction of sp³-hybridized carbons (Fsp3) is 0.789. The van der Waals surface area contributed by atoms with Gasteiger partial charge in [0.05, 0.1) is 12.5 Å². The molecule has 4 rings (SSSR count). The SMILES string of the molecule is CC(=O)OC(C)C(=O)OC[C@]12CCC[C@]3(OC(C)=O)O[C@H](C1)O[C@@H](OC(C)=O)[C@H]23. The van der Waals surface area contributed by atoms with Crippen molar-refractivity contribution in [3.05, 3.63) is 0 Å². The molecule has 6 atom stereocenters. The summed E-state index contributed by atoms with van der Waals surface area (Å²) < 4.78 is 32.9. The summed E-state index contributed by atoms with van der Waals surface area (Å²) in [6.07, 6.45) is -0.750. The molecule has 10 nitrogen and oxygen atoms in total. The molecule has 29 heavy (non-hydrogen) atoms. The van der Waals surface area contributed by atoms with Crippen LogP contribution in [0.2, 0.25) is 0 Å². The highest BCUT2D eigenvalue weighted by molar-refractivity contribution is 5.78. The molecule has 4 bridgehead atoms. The first-order valence-electron chi connectivity index (χ1n) is 9.61. The van der Waals surface area contributed by atoms with Crippen molar-refractivity contribution in [2.45, 2.75) is 77.8 Å². The quantitative estimate of drug-likeness (QED) is 0.462. The van der Waals surface area contributed by atoms with E-state index in [0.29, 0.717) is 25.7 Å². The Labute approximate surface area is 168 Å². The van der Waals surface area contributed by atoms with Crippen LogP contribution in [-0.4, -0.2) is 55.0 Å². The van der Waals surface area contributed by atoms with Crippen LogP contribution in [0.1, 0.15) is 53.4 Å². The molecule has 4 aliphatic rings. The zero-order valence-corrected chi connectivity index (χ0v) is 16.9. The van der Waals surface area contributed by atoms with Crippen LogP contribution in [-0.2, 0) is 47.6 Å². The van der Waals surface area contributed by atoms with E-state index in [1.165, 1.54) is 27.7 Å². The molecule has 1 saturated carbocycles. The molecular weight excluding hydrogens is 388 g/mol. The van der Waals surface area contributed by atoms with Gasteiger partial charge >= 0.3 is 23.9 Å². The first-order valence-corrected chi connectivity index (χ1v) is 9.61. The number of fused-ring (bicyclic) bond motifs is 1. The third kappa shape index (κ3) is 4.23. The Bertz CT molecular complexity index is 705. The van der Waals surface area contributed by atoms with Crippen molar-refractivity contribution < 1.29 is 47.6 Å². The van der Waals surface area contributed by atoms with Gasteiger partial charge in [-0.05, 0) is 19.8 Å². The van der Waals surface area contributed by atoms with Crippen LogP contribution in [0.4, 0.5) is 0 Å². The van der Waals surface area contributed by atoms with E-state index in [1.54, 1.807) is 0 Å². The molecule has 0 amide bonds. The third-order valence-corrected chi connectivity index (χ3v) is 5.57. The Kier molecular flexibility index (Phi) is 5.86. The van der Waals surface area contributed by atoms with Crippen molar-refractivity contribution in [3.8, 4) is 0 Å². The highest BCUT2D eigenvalue weighted by Crippen LogP contribution is 2.61. The van der Waals surface area contributed by atoms with Gasteiger partial charge in [-0.1, -0.05) is 0 Å². The summed E-state index contributed by atoms with van der Waals surface area (Å²) in [5.41, 5.74) is -0.680. The zero-order chi connectivity index (χ0) is 21.4. The van der Waals surface area contributed by atoms with Crippen LogP contribution < -0.4 is 0 Å². The number of carbonyl (C=O) groups excluding carboxylic acids is 4. The van der Waals surface area contributed by atoms with Gasteiger partial charge in [-0.15, -0.1) is 0 Å². The zero-order valence-electron chi connectivity index (χ0n) is 16.9. The maximum atomic E-state index is 12.3. The first-order chi connectivity index (χ1) is 13.6. The van der Waals surface area contributed by atoms with Crippen LogP contribution in [0.25, 0.3) is 0 Å². The third-order valence-electron chi connectivity index (χ3n) is 5.57. The van der Waals surface area contributed by atoms with Gasteiger partial charge in [0.1, 0.15) is 0 Å². The van der Waals surface area contributed by atoms with Crippen molar-refractivity contribution in [2.24, 2.45) is 11.3 Å². The van der Waals surface area contributed by atoms with E-state index >= 15 is 0 Å². The van der Waals surface area contributed by atoms with Crippen molar-refractivity contribution in [3.63, 3.8) is 0 Å². The van der Waals surface area contributed by atoms with E-state index in [9.17, 15) is 19.2 Å². The Morgan fingerprint density at radius 1 is 1.07 bits per heavy atom. The molecule has 1 unspecified atom stereocenters. The van der Waals surface area contributed by atoms with Gasteiger partial charge in [0.15, 0.2) is 12.4 Å². The standard InChI is InChI=1S/C19H26O10/c1-10(25-11(2)20)16(23)24-9-18-6-5-7-19(28-13(4)22)15(18)17(26-12(3)21)27-14(8-18)29-19/h10,14-15,17H,5-9H2,1-4H3/t10?,14-,15-,17-,18+,19+/m1/s1. The molecule has 0 radical (unpaired) electrons. The van der Waals surface area contributed by atoms with E-state index in [1.807, 2.05) is 0 Å². The van der Waals surface area contributed by atoms with Gasteiger partial charge in [-0.25, -0.2) is 4.79 Å². The van der Waals surface area contributed by atoms with E-state index < -0.39 is 59.7 Å². The molecule has 0 aromatic carbocycles. The molecule has 0 aromatic rings. The highest BCUT2D eigenvalue weighted by Gasteiger charge is 2.70. The maximum absolute atomic E-state index is 12.3. The lowest BCUT2D eigenvalue weighted by Crippen LogP contribution is -2.71. The Morgan fingerprint density at radius 3 is 2.41 bits per heavy atom. The fourth-order valence-electron chi connectivity index (χ4n) is 4.71. The highest BCUT2D eigenvalue weighted by atomic mass is 16.8. The Hall–Kier alpha value is -2.20. The lowest BCUT2D eigenvalue weighted by Gasteiger charge is -2.63. The number of ether oxygens (including phenoxy) is 6. The predicted octanol–water partition coefficient (Wildman–Crippen LogP) is 1.19. The van der Waals surface area contributed by atoms with Crippen molar-refractivity contribution in [1.82, 2.24) is 0 Å². The molecule has 3 heterocycles. The summed E-state index contributed by atoms with van der Waals surface area (Å²) in [5, 5.41) is 0. The number of esters is 4. The van der Waals surface area contributed by atoms with Crippen molar-refractivity contribution in [1.29, 1.82) is 0 Å². The van der Waals surface area contributed by atoms with Gasteiger partial charge in [-0.2, -0.15) is 0 Å². The van der Waals surface area contributed by atoms with Crippen LogP contribution >= 0.6 is 0 Å². The number of hydrogen-bond donors (Lipinski definition) is 0. The molecule has 0 aromatic heterocycles. The average molecular weight is 414 g/mol. The molecule has 162 valence electrons. The molecule has 10 heteroatoms. The van der Waals surface area contributed by atoms with E-state index in [4.69, 9.17) is 28.4 Å². The van der Waals surface area contributed by atoms with E-state index in [2.05, 4.69) is 0 Å². The maximum Gasteiger partial charge on any atom is 0.347 e. The number of carbonyl (C=O) groups is 4. The smallest absolute Gasteiger partial charge is 0.347 e. The Morgan fingerprint density at radius 2 is 1.79 bits per heavy atom. The summed E-state index contributed by atoms with van der Waals surface area (Å²) >= 11 is 0. The minimum atomic E-state index is -1.32. The Balaban J connectivity index is 1.85. The van der Waals surface area contributed by atoms with Gasteiger partial charge in [0.25, 0.3) is 0 Å². The second kappa shape index (κ2) is 7.91.